The smallest absolute Gasteiger partial charge is 0.200 e. The van der Waals surface area contributed by atoms with Crippen LogP contribution in [0.5, 0.6) is 0 Å². The summed E-state index contributed by atoms with van der Waals surface area (Å²) in [5, 5.41) is 3.66. The number of rotatable bonds is 4. The number of hydrogen-bond donors (Lipinski definition) is 1. The highest BCUT2D eigenvalue weighted by molar-refractivity contribution is 7.89. The number of nitrogens with zero attached hydrogens (tertiary/aromatic N) is 1. The van der Waals surface area contributed by atoms with Crippen LogP contribution < -0.4 is 4.83 Å². The van der Waals surface area contributed by atoms with Gasteiger partial charge in [0.15, 0.2) is 0 Å². The van der Waals surface area contributed by atoms with Crippen LogP contribution in [0.3, 0.4) is 0 Å². The standard InChI is InChI=1S/C10H13ClN2O2S/c1-8-3-5-10(6-4-8)16(14,15)13-12-9(2)7-11/h3-6,13H,7H2,1-2H3/b12-9+. The molecule has 0 bridgehead atoms. The summed E-state index contributed by atoms with van der Waals surface area (Å²) in [6, 6.07) is 6.52. The van der Waals surface area contributed by atoms with E-state index in [0.29, 0.717) is 5.71 Å². The highest BCUT2D eigenvalue weighted by Gasteiger charge is 2.11. The predicted molar refractivity (Wildman–Crippen MR) is 65.3 cm³/mol. The fourth-order valence-electron chi connectivity index (χ4n) is 0.938. The molecule has 0 atom stereocenters. The third kappa shape index (κ3) is 3.50. The molecule has 0 aliphatic rings. The van der Waals surface area contributed by atoms with Crippen LogP contribution in [0, 0.1) is 6.92 Å². The molecule has 0 heterocycles. The lowest BCUT2D eigenvalue weighted by atomic mass is 10.2. The molecule has 0 aromatic heterocycles. The predicted octanol–water partition coefficient (Wildman–Crippen LogP) is 1.89. The Morgan fingerprint density at radius 1 is 1.38 bits per heavy atom. The Labute approximate surface area is 100 Å². The molecular formula is C10H13ClN2O2S. The summed E-state index contributed by atoms with van der Waals surface area (Å²) in [7, 11) is -3.58. The van der Waals surface area contributed by atoms with Crippen molar-refractivity contribution in [1.29, 1.82) is 0 Å². The monoisotopic (exact) mass is 260 g/mol. The van der Waals surface area contributed by atoms with E-state index in [-0.39, 0.29) is 10.8 Å². The van der Waals surface area contributed by atoms with E-state index < -0.39 is 10.0 Å². The molecule has 0 aliphatic heterocycles. The van der Waals surface area contributed by atoms with Gasteiger partial charge in [0.1, 0.15) is 0 Å². The first-order chi connectivity index (χ1) is 7.45. The topological polar surface area (TPSA) is 58.5 Å². The Morgan fingerprint density at radius 3 is 2.44 bits per heavy atom. The van der Waals surface area contributed by atoms with Gasteiger partial charge in [-0.25, -0.2) is 4.83 Å². The van der Waals surface area contributed by atoms with E-state index in [0.717, 1.165) is 5.56 Å². The number of hydrazone groups is 1. The number of alkyl halides is 1. The normalized spacial score (nSPS) is 12.6. The lowest BCUT2D eigenvalue weighted by Gasteiger charge is -2.04. The van der Waals surface area contributed by atoms with Gasteiger partial charge in [-0.1, -0.05) is 17.7 Å². The molecule has 0 saturated heterocycles. The summed E-state index contributed by atoms with van der Waals surface area (Å²) in [5.41, 5.74) is 1.51. The van der Waals surface area contributed by atoms with Gasteiger partial charge in [-0.15, -0.1) is 11.6 Å². The molecule has 0 aliphatic carbocycles. The van der Waals surface area contributed by atoms with Gasteiger partial charge in [-0.2, -0.15) is 13.5 Å². The zero-order chi connectivity index (χ0) is 12.2. The molecule has 1 rings (SSSR count). The number of nitrogens with one attached hydrogen (secondary N) is 1. The second-order valence-corrected chi connectivity index (χ2v) is 5.32. The molecule has 0 radical (unpaired) electrons. The van der Waals surface area contributed by atoms with Crippen molar-refractivity contribution in [3.63, 3.8) is 0 Å². The average molecular weight is 261 g/mol. The highest BCUT2D eigenvalue weighted by Crippen LogP contribution is 2.09. The van der Waals surface area contributed by atoms with Crippen molar-refractivity contribution in [3.8, 4) is 0 Å². The van der Waals surface area contributed by atoms with Crippen LogP contribution in [-0.4, -0.2) is 20.0 Å². The minimum absolute atomic E-state index is 0.184. The van der Waals surface area contributed by atoms with Crippen LogP contribution in [0.4, 0.5) is 0 Å². The molecule has 4 nitrogen and oxygen atoms in total. The van der Waals surface area contributed by atoms with Crippen LogP contribution >= 0.6 is 11.6 Å². The molecule has 16 heavy (non-hydrogen) atoms. The van der Waals surface area contributed by atoms with Crippen LogP contribution in [0.25, 0.3) is 0 Å². The lowest BCUT2D eigenvalue weighted by Crippen LogP contribution is -2.19. The molecule has 0 spiro atoms. The molecule has 0 unspecified atom stereocenters. The van der Waals surface area contributed by atoms with Crippen molar-refractivity contribution in [2.45, 2.75) is 18.7 Å². The van der Waals surface area contributed by atoms with Crippen LogP contribution in [-0.2, 0) is 10.0 Å². The highest BCUT2D eigenvalue weighted by atomic mass is 35.5. The SMILES string of the molecule is C/C(CCl)=N\NS(=O)(=O)c1ccc(C)cc1. The Morgan fingerprint density at radius 2 is 1.94 bits per heavy atom. The van der Waals surface area contributed by atoms with E-state index >= 15 is 0 Å². The van der Waals surface area contributed by atoms with E-state index in [9.17, 15) is 8.42 Å². The van der Waals surface area contributed by atoms with Gasteiger partial charge in [0.25, 0.3) is 10.0 Å². The first-order valence-electron chi connectivity index (χ1n) is 4.63. The lowest BCUT2D eigenvalue weighted by molar-refractivity contribution is 0.584. The van der Waals surface area contributed by atoms with Crippen LogP contribution in [0.15, 0.2) is 34.3 Å². The van der Waals surface area contributed by atoms with E-state index in [1.54, 1.807) is 19.1 Å². The zero-order valence-electron chi connectivity index (χ0n) is 9.07. The van der Waals surface area contributed by atoms with Gasteiger partial charge in [0, 0.05) is 0 Å². The Hall–Kier alpha value is -1.07. The van der Waals surface area contributed by atoms with Crippen molar-refractivity contribution in [1.82, 2.24) is 4.83 Å². The largest absolute Gasteiger partial charge is 0.276 e. The first-order valence-corrected chi connectivity index (χ1v) is 6.65. The zero-order valence-corrected chi connectivity index (χ0v) is 10.6. The number of sulfonamides is 1. The maximum absolute atomic E-state index is 11.7. The quantitative estimate of drug-likeness (QED) is 0.511. The van der Waals surface area contributed by atoms with Crippen molar-refractivity contribution >= 4 is 27.3 Å². The number of hydrogen-bond acceptors (Lipinski definition) is 3. The molecule has 0 saturated carbocycles. The fourth-order valence-corrected chi connectivity index (χ4v) is 1.87. The van der Waals surface area contributed by atoms with Gasteiger partial charge in [0.2, 0.25) is 0 Å². The molecular weight excluding hydrogens is 248 g/mol. The van der Waals surface area contributed by atoms with Crippen LogP contribution in [0.2, 0.25) is 0 Å². The second-order valence-electron chi connectivity index (χ2n) is 3.39. The summed E-state index contributed by atoms with van der Waals surface area (Å²) in [6.07, 6.45) is 0. The van der Waals surface area contributed by atoms with Gasteiger partial charge in [-0.05, 0) is 26.0 Å². The molecule has 1 aromatic carbocycles. The summed E-state index contributed by atoms with van der Waals surface area (Å²) in [5.74, 6) is 0.191. The third-order valence-electron chi connectivity index (χ3n) is 1.88. The Bertz CT molecular complexity index is 480. The molecule has 1 aromatic rings. The van der Waals surface area contributed by atoms with Gasteiger partial charge >= 0.3 is 0 Å². The Balaban J connectivity index is 2.91. The molecule has 1 N–H and O–H groups in total. The summed E-state index contributed by atoms with van der Waals surface area (Å²) >= 11 is 5.48. The first kappa shape index (κ1) is 13.0. The molecule has 0 amide bonds. The van der Waals surface area contributed by atoms with E-state index in [1.165, 1.54) is 12.1 Å². The summed E-state index contributed by atoms with van der Waals surface area (Å²) in [4.78, 5) is 2.31. The second kappa shape index (κ2) is 5.32. The van der Waals surface area contributed by atoms with Gasteiger partial charge in [0.05, 0.1) is 16.5 Å². The summed E-state index contributed by atoms with van der Waals surface area (Å²) in [6.45, 7) is 3.53. The van der Waals surface area contributed by atoms with E-state index in [4.69, 9.17) is 11.6 Å². The van der Waals surface area contributed by atoms with Crippen molar-refractivity contribution in [2.75, 3.05) is 5.88 Å². The maximum Gasteiger partial charge on any atom is 0.276 e. The number of benzene rings is 1. The van der Waals surface area contributed by atoms with Gasteiger partial charge in [-0.3, -0.25) is 0 Å². The van der Waals surface area contributed by atoms with E-state index in [1.807, 2.05) is 6.92 Å². The molecule has 0 fully saturated rings. The van der Waals surface area contributed by atoms with Crippen molar-refractivity contribution < 1.29 is 8.42 Å². The van der Waals surface area contributed by atoms with Crippen molar-refractivity contribution in [3.05, 3.63) is 29.8 Å². The third-order valence-corrected chi connectivity index (χ3v) is 3.49. The van der Waals surface area contributed by atoms with Gasteiger partial charge < -0.3 is 0 Å². The minimum Gasteiger partial charge on any atom is -0.200 e. The minimum atomic E-state index is -3.58. The average Bonchev–Trinajstić information content (AvgIpc) is 2.26. The maximum atomic E-state index is 11.7. The van der Waals surface area contributed by atoms with Crippen molar-refractivity contribution in [2.24, 2.45) is 5.10 Å². The summed E-state index contributed by atoms with van der Waals surface area (Å²) < 4.78 is 23.4. The molecule has 6 heteroatoms. The Kier molecular flexibility index (Phi) is 4.32. The molecule has 88 valence electrons. The van der Waals surface area contributed by atoms with E-state index in [2.05, 4.69) is 9.93 Å². The fraction of sp³-hybridized carbons (Fsp3) is 0.300. The number of halogens is 1. The number of aryl methyl sites for hydroxylation is 1. The van der Waals surface area contributed by atoms with Crippen LogP contribution in [0.1, 0.15) is 12.5 Å².